The van der Waals surface area contributed by atoms with Gasteiger partial charge in [-0.3, -0.25) is 10.1 Å². The fourth-order valence-corrected chi connectivity index (χ4v) is 3.18. The second-order valence-corrected chi connectivity index (χ2v) is 6.09. The van der Waals surface area contributed by atoms with Crippen molar-refractivity contribution in [2.45, 2.75) is 26.3 Å². The molecule has 0 radical (unpaired) electrons. The van der Waals surface area contributed by atoms with Crippen LogP contribution < -0.4 is 15.4 Å². The summed E-state index contributed by atoms with van der Waals surface area (Å²) in [5, 5.41) is 6.16. The molecule has 0 saturated carbocycles. The van der Waals surface area contributed by atoms with Crippen molar-refractivity contribution in [3.8, 4) is 5.75 Å². The molecule has 1 saturated heterocycles. The van der Waals surface area contributed by atoms with Crippen molar-refractivity contribution in [2.24, 2.45) is 0 Å². The third kappa shape index (κ3) is 3.67. The summed E-state index contributed by atoms with van der Waals surface area (Å²) < 4.78 is 5.41. The number of carbonyl (C=O) groups excluding carboxylic acids is 1. The van der Waals surface area contributed by atoms with Crippen LogP contribution in [0.1, 0.15) is 16.7 Å². The number of amides is 1. The Morgan fingerprint density at radius 2 is 2.20 bits per heavy atom. The van der Waals surface area contributed by atoms with Crippen LogP contribution in [0.2, 0.25) is 0 Å². The number of nitrogens with one attached hydrogen (secondary N) is 2. The van der Waals surface area contributed by atoms with E-state index in [1.54, 1.807) is 18.9 Å². The van der Waals surface area contributed by atoms with Gasteiger partial charge in [0.05, 0.1) is 13.2 Å². The van der Waals surface area contributed by atoms with Crippen molar-refractivity contribution in [1.29, 1.82) is 0 Å². The molecule has 4 nitrogen and oxygen atoms in total. The van der Waals surface area contributed by atoms with Crippen LogP contribution in [-0.2, 0) is 11.2 Å². The van der Waals surface area contributed by atoms with Gasteiger partial charge in [0.2, 0.25) is 5.91 Å². The molecule has 2 N–H and O–H groups in total. The molecule has 5 heteroatoms. The Labute approximate surface area is 124 Å². The van der Waals surface area contributed by atoms with Gasteiger partial charge >= 0.3 is 0 Å². The lowest BCUT2D eigenvalue weighted by atomic mass is 10.0. The highest BCUT2D eigenvalue weighted by molar-refractivity contribution is 7.99. The molecule has 1 aromatic carbocycles. The average molecular weight is 294 g/mol. The van der Waals surface area contributed by atoms with Crippen molar-refractivity contribution in [2.75, 3.05) is 25.3 Å². The van der Waals surface area contributed by atoms with E-state index < -0.39 is 0 Å². The zero-order valence-electron chi connectivity index (χ0n) is 12.3. The van der Waals surface area contributed by atoms with Gasteiger partial charge in [-0.15, -0.1) is 11.8 Å². The van der Waals surface area contributed by atoms with E-state index in [1.807, 2.05) is 0 Å². The molecular weight excluding hydrogens is 272 g/mol. The number of hydrogen-bond acceptors (Lipinski definition) is 4. The van der Waals surface area contributed by atoms with E-state index in [0.29, 0.717) is 6.54 Å². The van der Waals surface area contributed by atoms with Crippen molar-refractivity contribution < 1.29 is 9.53 Å². The van der Waals surface area contributed by atoms with Crippen molar-refractivity contribution in [3.63, 3.8) is 0 Å². The van der Waals surface area contributed by atoms with E-state index in [1.165, 1.54) is 11.1 Å². The van der Waals surface area contributed by atoms with E-state index in [-0.39, 0.29) is 11.9 Å². The van der Waals surface area contributed by atoms with Crippen LogP contribution in [0.3, 0.4) is 0 Å². The maximum absolute atomic E-state index is 11.9. The van der Waals surface area contributed by atoms with Crippen LogP contribution >= 0.6 is 11.8 Å². The molecule has 1 amide bonds. The van der Waals surface area contributed by atoms with Crippen LogP contribution in [0.15, 0.2) is 12.1 Å². The second-order valence-electron chi connectivity index (χ2n) is 5.06. The summed E-state index contributed by atoms with van der Waals surface area (Å²) in [7, 11) is 1.69. The molecule has 0 aliphatic carbocycles. The maximum Gasteiger partial charge on any atom is 0.238 e. The minimum absolute atomic E-state index is 0.0401. The number of carbonyl (C=O) groups is 1. The highest BCUT2D eigenvalue weighted by Crippen LogP contribution is 2.23. The first kappa shape index (κ1) is 15.2. The summed E-state index contributed by atoms with van der Waals surface area (Å²) in [5.41, 5.74) is 3.62. The number of methoxy groups -OCH3 is 1. The third-order valence-electron chi connectivity index (χ3n) is 3.62. The largest absolute Gasteiger partial charge is 0.496 e. The molecule has 0 spiro atoms. The number of aryl methyl sites for hydroxylation is 2. The summed E-state index contributed by atoms with van der Waals surface area (Å²) >= 11 is 1.76. The van der Waals surface area contributed by atoms with Gasteiger partial charge in [0.1, 0.15) is 5.75 Å². The Balaban J connectivity index is 1.90. The standard InChI is InChI=1S/C15H22N2O2S/c1-10-6-12(14(19-3)7-11(10)2)4-5-16-15(18)13-8-20-9-17-13/h6-7,13,17H,4-5,8-9H2,1-3H3,(H,16,18). The fourth-order valence-electron chi connectivity index (χ4n) is 2.24. The molecule has 1 aromatic rings. The van der Waals surface area contributed by atoms with E-state index in [4.69, 9.17) is 4.74 Å². The molecule has 1 heterocycles. The van der Waals surface area contributed by atoms with Crippen molar-refractivity contribution in [3.05, 3.63) is 28.8 Å². The Morgan fingerprint density at radius 3 is 2.85 bits per heavy atom. The smallest absolute Gasteiger partial charge is 0.238 e. The number of benzene rings is 1. The van der Waals surface area contributed by atoms with E-state index in [2.05, 4.69) is 36.6 Å². The van der Waals surface area contributed by atoms with E-state index in [9.17, 15) is 4.79 Å². The van der Waals surface area contributed by atoms with Gasteiger partial charge in [0.25, 0.3) is 0 Å². The topological polar surface area (TPSA) is 50.4 Å². The van der Waals surface area contributed by atoms with Gasteiger partial charge in [0, 0.05) is 18.2 Å². The van der Waals surface area contributed by atoms with Crippen molar-refractivity contribution >= 4 is 17.7 Å². The second kappa shape index (κ2) is 6.99. The Kier molecular flexibility index (Phi) is 5.31. The summed E-state index contributed by atoms with van der Waals surface area (Å²) in [4.78, 5) is 11.9. The van der Waals surface area contributed by atoms with Crippen LogP contribution in [0.5, 0.6) is 5.75 Å². The van der Waals surface area contributed by atoms with Gasteiger partial charge in [-0.2, -0.15) is 0 Å². The first-order chi connectivity index (χ1) is 9.61. The molecular formula is C15H22N2O2S. The highest BCUT2D eigenvalue weighted by Gasteiger charge is 2.21. The lowest BCUT2D eigenvalue weighted by molar-refractivity contribution is -0.122. The SMILES string of the molecule is COc1cc(C)c(C)cc1CCNC(=O)C1CSCN1. The zero-order chi connectivity index (χ0) is 14.5. The number of ether oxygens (including phenoxy) is 1. The van der Waals surface area contributed by atoms with Gasteiger partial charge in [-0.1, -0.05) is 6.07 Å². The first-order valence-corrected chi connectivity index (χ1v) is 8.00. The Morgan fingerprint density at radius 1 is 1.45 bits per heavy atom. The molecule has 0 bridgehead atoms. The Bertz CT molecular complexity index is 485. The van der Waals surface area contributed by atoms with Crippen LogP contribution in [0.25, 0.3) is 0 Å². The maximum atomic E-state index is 11.9. The molecule has 1 atom stereocenters. The molecule has 1 aliphatic rings. The molecule has 2 rings (SSSR count). The lowest BCUT2D eigenvalue weighted by Gasteiger charge is -2.13. The molecule has 1 unspecified atom stereocenters. The molecule has 1 fully saturated rings. The average Bonchev–Trinajstić information content (AvgIpc) is 2.96. The normalized spacial score (nSPS) is 18.1. The minimum Gasteiger partial charge on any atom is -0.496 e. The lowest BCUT2D eigenvalue weighted by Crippen LogP contribution is -2.42. The van der Waals surface area contributed by atoms with Gasteiger partial charge in [0.15, 0.2) is 0 Å². The van der Waals surface area contributed by atoms with Crippen molar-refractivity contribution in [1.82, 2.24) is 10.6 Å². The summed E-state index contributed by atoms with van der Waals surface area (Å²) in [6, 6.07) is 4.16. The first-order valence-electron chi connectivity index (χ1n) is 6.84. The molecule has 0 aromatic heterocycles. The fraction of sp³-hybridized carbons (Fsp3) is 0.533. The van der Waals surface area contributed by atoms with Gasteiger partial charge < -0.3 is 10.1 Å². The molecule has 110 valence electrons. The molecule has 20 heavy (non-hydrogen) atoms. The zero-order valence-corrected chi connectivity index (χ0v) is 13.1. The summed E-state index contributed by atoms with van der Waals surface area (Å²) in [6.45, 7) is 4.81. The number of hydrogen-bond donors (Lipinski definition) is 2. The number of thioether (sulfide) groups is 1. The number of rotatable bonds is 5. The monoisotopic (exact) mass is 294 g/mol. The quantitative estimate of drug-likeness (QED) is 0.867. The van der Waals surface area contributed by atoms with E-state index >= 15 is 0 Å². The third-order valence-corrected chi connectivity index (χ3v) is 4.56. The molecule has 1 aliphatic heterocycles. The van der Waals surface area contributed by atoms with Crippen LogP contribution in [0, 0.1) is 13.8 Å². The van der Waals surface area contributed by atoms with E-state index in [0.717, 1.165) is 29.4 Å². The predicted molar refractivity (Wildman–Crippen MR) is 83.4 cm³/mol. The van der Waals surface area contributed by atoms with Crippen LogP contribution in [-0.4, -0.2) is 37.2 Å². The Hall–Kier alpha value is -1.20. The minimum atomic E-state index is -0.0401. The van der Waals surface area contributed by atoms with Gasteiger partial charge in [-0.05, 0) is 43.0 Å². The predicted octanol–water partition coefficient (Wildman–Crippen LogP) is 1.63. The highest BCUT2D eigenvalue weighted by atomic mass is 32.2. The van der Waals surface area contributed by atoms with Gasteiger partial charge in [-0.25, -0.2) is 0 Å². The summed E-state index contributed by atoms with van der Waals surface area (Å²) in [5.74, 6) is 2.72. The van der Waals surface area contributed by atoms with Crippen LogP contribution in [0.4, 0.5) is 0 Å². The summed E-state index contributed by atoms with van der Waals surface area (Å²) in [6.07, 6.45) is 0.788.